The van der Waals surface area contributed by atoms with Crippen LogP contribution in [0, 0.1) is 0 Å². The Bertz CT molecular complexity index is 1190. The van der Waals surface area contributed by atoms with E-state index in [1.807, 2.05) is 0 Å². The van der Waals surface area contributed by atoms with Gasteiger partial charge in [-0.05, 0) is 55.3 Å². The number of hydrogen-bond acceptors (Lipinski definition) is 4. The number of carbonyl (C=O) groups excluding carboxylic acids is 1. The molecule has 0 bridgehead atoms. The lowest BCUT2D eigenvalue weighted by atomic mass is 10.2. The summed E-state index contributed by atoms with van der Waals surface area (Å²) in [7, 11) is 1.54. The minimum atomic E-state index is -0.581. The number of halogens is 1. The summed E-state index contributed by atoms with van der Waals surface area (Å²) in [5.41, 5.74) is -0.288. The van der Waals surface area contributed by atoms with Crippen molar-refractivity contribution in [2.24, 2.45) is 0 Å². The number of nitrogens with zero attached hydrogens (tertiary/aromatic N) is 3. The van der Waals surface area contributed by atoms with Crippen molar-refractivity contribution in [3.8, 4) is 11.4 Å². The summed E-state index contributed by atoms with van der Waals surface area (Å²) in [4.78, 5) is 40.9. The van der Waals surface area contributed by atoms with Crippen molar-refractivity contribution in [2.75, 3.05) is 20.2 Å². The lowest BCUT2D eigenvalue weighted by Gasteiger charge is -2.18. The number of carbonyl (C=O) groups is 1. The fourth-order valence-electron chi connectivity index (χ4n) is 3.65. The third-order valence-corrected chi connectivity index (χ3v) is 5.42. The molecule has 0 aliphatic carbocycles. The first-order chi connectivity index (χ1) is 14.0. The first kappa shape index (κ1) is 19.3. The molecule has 1 fully saturated rings. The summed E-state index contributed by atoms with van der Waals surface area (Å²) >= 11 is 6.12. The summed E-state index contributed by atoms with van der Waals surface area (Å²) in [6.45, 7) is 1.22. The molecule has 2 aromatic carbocycles. The quantitative estimate of drug-likeness (QED) is 0.658. The Labute approximate surface area is 171 Å². The molecule has 0 radical (unpaired) electrons. The molecule has 0 saturated carbocycles. The monoisotopic (exact) mass is 413 g/mol. The minimum absolute atomic E-state index is 0.147. The molecule has 150 valence electrons. The van der Waals surface area contributed by atoms with Gasteiger partial charge >= 0.3 is 5.69 Å². The van der Waals surface area contributed by atoms with Crippen LogP contribution in [0.5, 0.6) is 5.75 Å². The van der Waals surface area contributed by atoms with Crippen LogP contribution in [0.3, 0.4) is 0 Å². The number of ether oxygens (including phenoxy) is 1. The Kier molecular flexibility index (Phi) is 5.15. The van der Waals surface area contributed by atoms with E-state index in [-0.39, 0.29) is 12.5 Å². The maximum Gasteiger partial charge on any atom is 0.336 e. The van der Waals surface area contributed by atoms with Crippen LogP contribution in [0.4, 0.5) is 0 Å². The fourth-order valence-corrected chi connectivity index (χ4v) is 3.82. The molecular formula is C21H20ClN3O4. The van der Waals surface area contributed by atoms with E-state index in [1.165, 1.54) is 11.7 Å². The van der Waals surface area contributed by atoms with Crippen molar-refractivity contribution in [2.45, 2.75) is 19.4 Å². The van der Waals surface area contributed by atoms with Crippen LogP contribution >= 0.6 is 11.6 Å². The van der Waals surface area contributed by atoms with E-state index < -0.39 is 11.2 Å². The average molecular weight is 414 g/mol. The molecular weight excluding hydrogens is 394 g/mol. The van der Waals surface area contributed by atoms with Crippen molar-refractivity contribution < 1.29 is 9.53 Å². The van der Waals surface area contributed by atoms with E-state index in [4.69, 9.17) is 16.3 Å². The Balaban J connectivity index is 1.92. The minimum Gasteiger partial charge on any atom is -0.497 e. The van der Waals surface area contributed by atoms with Gasteiger partial charge in [-0.15, -0.1) is 0 Å². The van der Waals surface area contributed by atoms with Crippen LogP contribution < -0.4 is 16.0 Å². The predicted octanol–water partition coefficient (Wildman–Crippen LogP) is 2.44. The maximum absolute atomic E-state index is 13.3. The fraction of sp³-hybridized carbons (Fsp3) is 0.286. The molecule has 1 aliphatic heterocycles. The van der Waals surface area contributed by atoms with E-state index in [9.17, 15) is 14.4 Å². The summed E-state index contributed by atoms with van der Waals surface area (Å²) < 4.78 is 7.55. The zero-order chi connectivity index (χ0) is 20.5. The van der Waals surface area contributed by atoms with Gasteiger partial charge in [-0.3, -0.25) is 14.2 Å². The summed E-state index contributed by atoms with van der Waals surface area (Å²) in [6.07, 6.45) is 1.91. The zero-order valence-electron chi connectivity index (χ0n) is 15.9. The Morgan fingerprint density at radius 3 is 2.41 bits per heavy atom. The number of aromatic nitrogens is 2. The van der Waals surface area contributed by atoms with E-state index in [1.54, 1.807) is 47.4 Å². The van der Waals surface area contributed by atoms with Gasteiger partial charge in [-0.1, -0.05) is 11.6 Å². The first-order valence-corrected chi connectivity index (χ1v) is 9.74. The van der Waals surface area contributed by atoms with Gasteiger partial charge in [0, 0.05) is 18.1 Å². The highest BCUT2D eigenvalue weighted by atomic mass is 35.5. The third kappa shape index (κ3) is 3.53. The van der Waals surface area contributed by atoms with Crippen LogP contribution in [0.2, 0.25) is 5.02 Å². The lowest BCUT2D eigenvalue weighted by molar-refractivity contribution is -0.130. The second-order valence-electron chi connectivity index (χ2n) is 6.96. The second-order valence-corrected chi connectivity index (χ2v) is 7.39. The molecule has 0 spiro atoms. The van der Waals surface area contributed by atoms with Gasteiger partial charge in [-0.2, -0.15) is 0 Å². The number of hydrogen-bond donors (Lipinski definition) is 0. The average Bonchev–Trinajstić information content (AvgIpc) is 3.26. The number of rotatable bonds is 4. The molecule has 1 aromatic heterocycles. The second kappa shape index (κ2) is 7.75. The molecule has 4 rings (SSSR count). The third-order valence-electron chi connectivity index (χ3n) is 5.19. The standard InChI is InChI=1S/C21H20ClN3O4/c1-29-16-7-5-15(6-8-16)25-20(27)17-9-4-14(22)12-18(17)24(21(25)28)13-19(26)23-10-2-3-11-23/h4-9,12H,2-3,10-11,13H2,1H3. The Hall–Kier alpha value is -3.06. The summed E-state index contributed by atoms with van der Waals surface area (Å²) in [5, 5.41) is 0.708. The van der Waals surface area contributed by atoms with Crippen molar-refractivity contribution in [3.05, 3.63) is 68.3 Å². The maximum atomic E-state index is 13.3. The topological polar surface area (TPSA) is 73.5 Å². The van der Waals surface area contributed by atoms with Gasteiger partial charge in [-0.25, -0.2) is 9.36 Å². The van der Waals surface area contributed by atoms with E-state index in [0.29, 0.717) is 40.5 Å². The van der Waals surface area contributed by atoms with Crippen LogP contribution in [-0.2, 0) is 11.3 Å². The number of likely N-dealkylation sites (tertiary alicyclic amines) is 1. The molecule has 0 unspecified atom stereocenters. The first-order valence-electron chi connectivity index (χ1n) is 9.37. The zero-order valence-corrected chi connectivity index (χ0v) is 16.7. The summed E-state index contributed by atoms with van der Waals surface area (Å²) in [5.74, 6) is 0.463. The predicted molar refractivity (Wildman–Crippen MR) is 111 cm³/mol. The van der Waals surface area contributed by atoms with E-state index in [2.05, 4.69) is 0 Å². The van der Waals surface area contributed by atoms with Gasteiger partial charge in [0.05, 0.1) is 23.7 Å². The smallest absolute Gasteiger partial charge is 0.336 e. The summed E-state index contributed by atoms with van der Waals surface area (Å²) in [6, 6.07) is 11.3. The Morgan fingerprint density at radius 1 is 1.07 bits per heavy atom. The van der Waals surface area contributed by atoms with Crippen LogP contribution in [0.1, 0.15) is 12.8 Å². The highest BCUT2D eigenvalue weighted by molar-refractivity contribution is 6.31. The molecule has 8 heteroatoms. The SMILES string of the molecule is COc1ccc(-n2c(=O)c3ccc(Cl)cc3n(CC(=O)N3CCCC3)c2=O)cc1. The van der Waals surface area contributed by atoms with Crippen molar-refractivity contribution in [1.82, 2.24) is 14.0 Å². The molecule has 3 aromatic rings. The highest BCUT2D eigenvalue weighted by Crippen LogP contribution is 2.18. The lowest BCUT2D eigenvalue weighted by Crippen LogP contribution is -2.42. The largest absolute Gasteiger partial charge is 0.497 e. The van der Waals surface area contributed by atoms with Crippen LogP contribution in [0.25, 0.3) is 16.6 Å². The molecule has 1 amide bonds. The van der Waals surface area contributed by atoms with Gasteiger partial charge in [0.15, 0.2) is 0 Å². The number of fused-ring (bicyclic) bond motifs is 1. The van der Waals surface area contributed by atoms with Gasteiger partial charge in [0.1, 0.15) is 12.3 Å². The highest BCUT2D eigenvalue weighted by Gasteiger charge is 2.22. The molecule has 1 aliphatic rings. The van der Waals surface area contributed by atoms with E-state index >= 15 is 0 Å². The van der Waals surface area contributed by atoms with Gasteiger partial charge < -0.3 is 9.64 Å². The normalized spacial score (nSPS) is 13.8. The van der Waals surface area contributed by atoms with Crippen molar-refractivity contribution >= 4 is 28.4 Å². The number of amides is 1. The number of methoxy groups -OCH3 is 1. The van der Waals surface area contributed by atoms with Gasteiger partial charge in [0.25, 0.3) is 5.56 Å². The van der Waals surface area contributed by atoms with Crippen LogP contribution in [0.15, 0.2) is 52.1 Å². The van der Waals surface area contributed by atoms with Crippen molar-refractivity contribution in [1.29, 1.82) is 0 Å². The van der Waals surface area contributed by atoms with Gasteiger partial charge in [0.2, 0.25) is 5.91 Å². The molecule has 1 saturated heterocycles. The van der Waals surface area contributed by atoms with Crippen molar-refractivity contribution in [3.63, 3.8) is 0 Å². The Morgan fingerprint density at radius 2 is 1.76 bits per heavy atom. The molecule has 0 N–H and O–H groups in total. The van der Waals surface area contributed by atoms with E-state index in [0.717, 1.165) is 17.4 Å². The molecule has 0 atom stereocenters. The number of benzene rings is 2. The molecule has 2 heterocycles. The molecule has 7 nitrogen and oxygen atoms in total. The van der Waals surface area contributed by atoms with Crippen LogP contribution in [-0.4, -0.2) is 40.1 Å². The molecule has 29 heavy (non-hydrogen) atoms.